The standard InChI is InChI=1S/C21H25N10O11PS/c22-16-10-18(26-4-24-16)30(6-28-10)20-12(32)14-8(39-20)1-2-44(36,37)42-15-9(3-38-43(34,35)41-14)40-21(13(15)33)31-7-29-11-17(23)25-5-27-19(11)31/h4-9,12-15,20-21,32-33H,1-3H2,(H,34,35)(H2,22,24,26)(H2,23,25,27)/t8-,9-,12-,13-,14-,15-,20-,21-/m1/s1. The summed E-state index contributed by atoms with van der Waals surface area (Å²) < 4.78 is 69.6. The minimum absolute atomic E-state index is 0.0593. The van der Waals surface area contributed by atoms with Crippen molar-refractivity contribution in [1.82, 2.24) is 39.0 Å². The van der Waals surface area contributed by atoms with Crippen LogP contribution < -0.4 is 11.5 Å². The fourth-order valence-electron chi connectivity index (χ4n) is 5.46. The maximum Gasteiger partial charge on any atom is 0.472 e. The van der Waals surface area contributed by atoms with Crippen LogP contribution in [0.25, 0.3) is 22.3 Å². The van der Waals surface area contributed by atoms with Gasteiger partial charge in [0.25, 0.3) is 10.1 Å². The van der Waals surface area contributed by atoms with Crippen molar-refractivity contribution in [3.05, 3.63) is 25.3 Å². The van der Waals surface area contributed by atoms with Crippen LogP contribution in [0.2, 0.25) is 0 Å². The van der Waals surface area contributed by atoms with E-state index in [0.717, 1.165) is 0 Å². The predicted octanol–water partition coefficient (Wildman–Crippen LogP) is -2.03. The van der Waals surface area contributed by atoms with E-state index in [4.69, 9.17) is 34.2 Å². The number of aliphatic hydroxyl groups is 2. The molecule has 1 unspecified atom stereocenters. The van der Waals surface area contributed by atoms with Crippen molar-refractivity contribution in [3.8, 4) is 0 Å². The summed E-state index contributed by atoms with van der Waals surface area (Å²) in [6, 6.07) is 0. The van der Waals surface area contributed by atoms with Crippen LogP contribution in [-0.2, 0) is 37.4 Å². The van der Waals surface area contributed by atoms with Gasteiger partial charge in [0.15, 0.2) is 35.4 Å². The van der Waals surface area contributed by atoms with Gasteiger partial charge < -0.3 is 36.0 Å². The molecule has 23 heteroatoms. The number of nitrogen functional groups attached to an aromatic ring is 2. The molecule has 21 nitrogen and oxygen atoms in total. The Hall–Kier alpha value is -3.44. The van der Waals surface area contributed by atoms with E-state index in [9.17, 15) is 28.1 Å². The maximum absolute atomic E-state index is 13.1. The normalized spacial score (nSPS) is 36.1. The molecule has 7 rings (SSSR count). The Morgan fingerprint density at radius 2 is 1.39 bits per heavy atom. The summed E-state index contributed by atoms with van der Waals surface area (Å²) >= 11 is 0. The van der Waals surface area contributed by atoms with Crippen LogP contribution in [0.3, 0.4) is 0 Å². The fourth-order valence-corrected chi connectivity index (χ4v) is 7.61. The third-order valence-electron chi connectivity index (χ3n) is 7.51. The number of anilines is 2. The van der Waals surface area contributed by atoms with Crippen LogP contribution in [0.4, 0.5) is 11.6 Å². The Kier molecular flexibility index (Phi) is 7.04. The van der Waals surface area contributed by atoms with Gasteiger partial charge in [-0.25, -0.2) is 34.5 Å². The lowest BCUT2D eigenvalue weighted by Crippen LogP contribution is -2.40. The number of nitrogens with zero attached hydrogens (tertiary/aromatic N) is 8. The Morgan fingerprint density at radius 3 is 1.98 bits per heavy atom. The van der Waals surface area contributed by atoms with Gasteiger partial charge >= 0.3 is 7.82 Å². The van der Waals surface area contributed by atoms with Gasteiger partial charge in [0.2, 0.25) is 0 Å². The van der Waals surface area contributed by atoms with E-state index in [1.165, 1.54) is 34.4 Å². The number of phosphoric acid groups is 1. The summed E-state index contributed by atoms with van der Waals surface area (Å²) in [4.78, 5) is 34.8. The van der Waals surface area contributed by atoms with Crippen molar-refractivity contribution in [3.63, 3.8) is 0 Å². The van der Waals surface area contributed by atoms with E-state index < -0.39 is 79.4 Å². The Bertz CT molecular complexity index is 1890. The molecule has 3 aliphatic heterocycles. The molecule has 4 aromatic heterocycles. The Balaban J connectivity index is 1.17. The monoisotopic (exact) mass is 656 g/mol. The SMILES string of the molecule is Nc1ncnc2c1ncn2[C@@H]1O[C@@H]2CCS(=O)(=O)O[C@H]3[C@@H](O)[C@H](n4cnc5c(N)ncnc54)O[C@@H]3COP(=O)(O)O[C@H]2[C@H]1O. The predicted molar refractivity (Wildman–Crippen MR) is 143 cm³/mol. The highest BCUT2D eigenvalue weighted by atomic mass is 32.2. The van der Waals surface area contributed by atoms with Crippen molar-refractivity contribution >= 4 is 51.9 Å². The van der Waals surface area contributed by atoms with Gasteiger partial charge in [0.05, 0.1) is 31.1 Å². The van der Waals surface area contributed by atoms with E-state index >= 15 is 0 Å². The quantitative estimate of drug-likeness (QED) is 0.115. The van der Waals surface area contributed by atoms with Crippen molar-refractivity contribution in [2.24, 2.45) is 0 Å². The first-order chi connectivity index (χ1) is 20.9. The van der Waals surface area contributed by atoms with E-state index in [2.05, 4.69) is 29.9 Å². The lowest BCUT2D eigenvalue weighted by atomic mass is 10.1. The Labute approximate surface area is 246 Å². The second kappa shape index (κ2) is 10.6. The first-order valence-electron chi connectivity index (χ1n) is 13.0. The average molecular weight is 657 g/mol. The molecule has 0 spiro atoms. The third-order valence-corrected chi connectivity index (χ3v) is 9.74. The highest BCUT2D eigenvalue weighted by molar-refractivity contribution is 7.86. The molecule has 3 saturated heterocycles. The second-order valence-corrected chi connectivity index (χ2v) is 13.3. The van der Waals surface area contributed by atoms with Crippen LogP contribution >= 0.6 is 7.82 Å². The number of hydrogen-bond donors (Lipinski definition) is 5. The maximum atomic E-state index is 13.1. The summed E-state index contributed by atoms with van der Waals surface area (Å²) in [7, 11) is -9.37. The number of aromatic nitrogens is 8. The van der Waals surface area contributed by atoms with Gasteiger partial charge in [-0.3, -0.25) is 22.4 Å². The number of fused-ring (bicyclic) bond motifs is 4. The number of phosphoric ester groups is 1. The molecule has 3 aliphatic rings. The van der Waals surface area contributed by atoms with Crippen molar-refractivity contribution in [2.75, 3.05) is 23.8 Å². The lowest BCUT2D eigenvalue weighted by Gasteiger charge is -2.26. The van der Waals surface area contributed by atoms with Crippen LogP contribution in [0.15, 0.2) is 25.3 Å². The molecule has 7 N–H and O–H groups in total. The number of imidazole rings is 2. The zero-order valence-corrected chi connectivity index (χ0v) is 24.0. The summed E-state index contributed by atoms with van der Waals surface area (Å²) in [6.45, 7) is -0.759. The molecule has 0 radical (unpaired) electrons. The van der Waals surface area contributed by atoms with Gasteiger partial charge in [0.1, 0.15) is 54.2 Å². The molecule has 4 aromatic rings. The van der Waals surface area contributed by atoms with Gasteiger partial charge in [-0.2, -0.15) is 8.42 Å². The highest BCUT2D eigenvalue weighted by Gasteiger charge is 2.53. The summed E-state index contributed by atoms with van der Waals surface area (Å²) in [5.41, 5.74) is 12.5. The van der Waals surface area contributed by atoms with Crippen molar-refractivity contribution < 1.29 is 50.8 Å². The van der Waals surface area contributed by atoms with Gasteiger partial charge in [-0.05, 0) is 6.42 Å². The first kappa shape index (κ1) is 29.3. The molecule has 0 aliphatic carbocycles. The van der Waals surface area contributed by atoms with E-state index in [-0.39, 0.29) is 40.4 Å². The van der Waals surface area contributed by atoms with Crippen LogP contribution in [-0.4, -0.2) is 112 Å². The van der Waals surface area contributed by atoms with Crippen molar-refractivity contribution in [1.29, 1.82) is 0 Å². The molecule has 3 fully saturated rings. The Morgan fingerprint density at radius 1 is 0.841 bits per heavy atom. The number of nitrogens with two attached hydrogens (primary N) is 2. The molecule has 236 valence electrons. The van der Waals surface area contributed by atoms with E-state index in [1.807, 2.05) is 0 Å². The lowest BCUT2D eigenvalue weighted by molar-refractivity contribution is -0.0550. The smallest absolute Gasteiger partial charge is 0.386 e. The number of hydrogen-bond acceptors (Lipinski definition) is 18. The molecule has 0 saturated carbocycles. The summed E-state index contributed by atoms with van der Waals surface area (Å²) in [5.74, 6) is -0.563. The van der Waals surface area contributed by atoms with Crippen LogP contribution in [0.1, 0.15) is 18.9 Å². The zero-order chi connectivity index (χ0) is 31.0. The molecule has 0 amide bonds. The number of ether oxygens (including phenoxy) is 2. The number of rotatable bonds is 2. The molecule has 9 atom stereocenters. The van der Waals surface area contributed by atoms with Gasteiger partial charge in [0, 0.05) is 0 Å². The summed E-state index contributed by atoms with van der Waals surface area (Å²) in [6.07, 6.45) is -7.07. The van der Waals surface area contributed by atoms with Gasteiger partial charge in [-0.15, -0.1) is 0 Å². The second-order valence-electron chi connectivity index (χ2n) is 10.2. The largest absolute Gasteiger partial charge is 0.472 e. The fraction of sp³-hybridized carbons (Fsp3) is 0.524. The highest BCUT2D eigenvalue weighted by Crippen LogP contribution is 2.50. The topological polar surface area (TPSA) is 297 Å². The zero-order valence-electron chi connectivity index (χ0n) is 22.2. The van der Waals surface area contributed by atoms with Gasteiger partial charge in [-0.1, -0.05) is 0 Å². The molecule has 0 bridgehead atoms. The van der Waals surface area contributed by atoms with E-state index in [1.54, 1.807) is 0 Å². The molecule has 7 heterocycles. The van der Waals surface area contributed by atoms with Crippen LogP contribution in [0, 0.1) is 0 Å². The first-order valence-corrected chi connectivity index (χ1v) is 16.1. The molecule has 0 aromatic carbocycles. The van der Waals surface area contributed by atoms with Crippen LogP contribution in [0.5, 0.6) is 0 Å². The summed E-state index contributed by atoms with van der Waals surface area (Å²) in [5, 5.41) is 22.3. The molecule has 44 heavy (non-hydrogen) atoms. The minimum atomic E-state index is -4.97. The third kappa shape index (κ3) is 4.98. The van der Waals surface area contributed by atoms with E-state index in [0.29, 0.717) is 0 Å². The average Bonchev–Trinajstić information content (AvgIpc) is 3.73. The van der Waals surface area contributed by atoms with Crippen molar-refractivity contribution in [2.45, 2.75) is 55.5 Å². The number of aliphatic hydroxyl groups excluding tert-OH is 2. The molecular weight excluding hydrogens is 631 g/mol. The molecular formula is C21H25N10O11PS. The minimum Gasteiger partial charge on any atom is -0.386 e.